The third kappa shape index (κ3) is 11.0. The molecular formula is C24H32F6N4O6. The van der Waals surface area contributed by atoms with Crippen LogP contribution in [0.1, 0.15) is 32.8 Å². The molecule has 1 aromatic rings. The van der Waals surface area contributed by atoms with Crippen molar-refractivity contribution >= 4 is 23.8 Å². The van der Waals surface area contributed by atoms with Crippen LogP contribution in [0.2, 0.25) is 0 Å². The Labute approximate surface area is 226 Å². The van der Waals surface area contributed by atoms with Crippen molar-refractivity contribution in [1.82, 2.24) is 19.7 Å². The summed E-state index contributed by atoms with van der Waals surface area (Å²) in [4.78, 5) is 53.5. The zero-order chi connectivity index (χ0) is 30.9. The van der Waals surface area contributed by atoms with Crippen LogP contribution in [0.15, 0.2) is 24.5 Å². The van der Waals surface area contributed by atoms with Crippen LogP contribution in [-0.4, -0.2) is 105 Å². The molecule has 2 aliphatic heterocycles. The van der Waals surface area contributed by atoms with E-state index in [-0.39, 0.29) is 23.1 Å². The van der Waals surface area contributed by atoms with E-state index in [4.69, 9.17) is 19.8 Å². The molecule has 3 heterocycles. The van der Waals surface area contributed by atoms with Gasteiger partial charge in [0.15, 0.2) is 0 Å². The summed E-state index contributed by atoms with van der Waals surface area (Å²) in [7, 11) is 0. The molecule has 10 nitrogen and oxygen atoms in total. The van der Waals surface area contributed by atoms with Gasteiger partial charge in [0.1, 0.15) is 0 Å². The lowest BCUT2D eigenvalue weighted by Gasteiger charge is -2.34. The monoisotopic (exact) mass is 586 g/mol. The average molecular weight is 587 g/mol. The highest BCUT2D eigenvalue weighted by Crippen LogP contribution is 2.35. The normalized spacial score (nSPS) is 19.9. The van der Waals surface area contributed by atoms with Crippen molar-refractivity contribution in [1.29, 1.82) is 0 Å². The average Bonchev–Trinajstić information content (AvgIpc) is 3.04. The molecule has 1 spiro atoms. The molecule has 226 valence electrons. The second-order valence-electron chi connectivity index (χ2n) is 9.68. The van der Waals surface area contributed by atoms with Crippen LogP contribution >= 0.6 is 0 Å². The minimum Gasteiger partial charge on any atom is -0.475 e. The summed E-state index contributed by atoms with van der Waals surface area (Å²) in [6.45, 7) is 11.3. The van der Waals surface area contributed by atoms with Crippen molar-refractivity contribution in [2.45, 2.75) is 46.1 Å². The Balaban J connectivity index is 0.000000473. The predicted octanol–water partition coefficient (Wildman–Crippen LogP) is 2.89. The summed E-state index contributed by atoms with van der Waals surface area (Å²) >= 11 is 0. The van der Waals surface area contributed by atoms with Gasteiger partial charge in [0, 0.05) is 76.0 Å². The molecule has 2 amide bonds. The van der Waals surface area contributed by atoms with Crippen LogP contribution in [0.5, 0.6) is 0 Å². The summed E-state index contributed by atoms with van der Waals surface area (Å²) in [5.41, 5.74) is 0.999. The number of amides is 2. The quantitative estimate of drug-likeness (QED) is 0.515. The number of carbonyl (C=O) groups is 4. The van der Waals surface area contributed by atoms with Gasteiger partial charge < -0.3 is 20.0 Å². The van der Waals surface area contributed by atoms with E-state index < -0.39 is 24.3 Å². The second kappa shape index (κ2) is 14.3. The van der Waals surface area contributed by atoms with Crippen molar-refractivity contribution in [3.63, 3.8) is 0 Å². The first kappa shape index (κ1) is 34.6. The highest BCUT2D eigenvalue weighted by molar-refractivity contribution is 5.81. The molecule has 1 atom stereocenters. The van der Waals surface area contributed by atoms with Crippen molar-refractivity contribution in [2.24, 2.45) is 11.3 Å². The first-order chi connectivity index (χ1) is 18.3. The van der Waals surface area contributed by atoms with Crippen LogP contribution in [0.25, 0.3) is 0 Å². The van der Waals surface area contributed by atoms with E-state index in [0.717, 1.165) is 39.3 Å². The zero-order valence-electron chi connectivity index (χ0n) is 22.1. The van der Waals surface area contributed by atoms with Crippen LogP contribution in [0.3, 0.4) is 0 Å². The smallest absolute Gasteiger partial charge is 0.475 e. The largest absolute Gasteiger partial charge is 0.490 e. The van der Waals surface area contributed by atoms with Crippen molar-refractivity contribution < 1.29 is 55.7 Å². The number of pyridine rings is 1. The van der Waals surface area contributed by atoms with Gasteiger partial charge in [-0.3, -0.25) is 19.5 Å². The van der Waals surface area contributed by atoms with E-state index in [1.54, 1.807) is 6.20 Å². The lowest BCUT2D eigenvalue weighted by Crippen LogP contribution is -2.45. The number of aliphatic carboxylic acids is 2. The number of likely N-dealkylation sites (tertiary alicyclic amines) is 1. The standard InChI is InChI=1S/C20H30N4O2.2C2HF3O2/c1-4-23-14-20(10-18(23)25)13-22(12-17-6-5-7-21-11-17)8-9-24(15-20)19(26)16(2)3;2*3-2(4,5)1(6)7/h5-7,11,16H,4,8-10,12-15H2,1-3H3;2*(H,6,7). The molecule has 0 aromatic carbocycles. The molecule has 16 heteroatoms. The third-order valence-corrected chi connectivity index (χ3v) is 5.98. The molecule has 1 aromatic heterocycles. The van der Waals surface area contributed by atoms with Crippen LogP contribution in [0.4, 0.5) is 26.3 Å². The molecule has 2 aliphatic rings. The van der Waals surface area contributed by atoms with E-state index >= 15 is 0 Å². The number of rotatable bonds is 4. The van der Waals surface area contributed by atoms with Crippen LogP contribution < -0.4 is 0 Å². The third-order valence-electron chi connectivity index (χ3n) is 5.98. The van der Waals surface area contributed by atoms with Crippen molar-refractivity contribution in [3.8, 4) is 0 Å². The summed E-state index contributed by atoms with van der Waals surface area (Å²) in [5.74, 6) is -5.13. The Bertz CT molecular complexity index is 997. The van der Waals surface area contributed by atoms with E-state index in [0.29, 0.717) is 13.0 Å². The van der Waals surface area contributed by atoms with Gasteiger partial charge >= 0.3 is 24.3 Å². The van der Waals surface area contributed by atoms with Gasteiger partial charge in [-0.15, -0.1) is 0 Å². The number of halogens is 6. The number of hydrogen-bond donors (Lipinski definition) is 2. The number of nitrogens with zero attached hydrogens (tertiary/aromatic N) is 4. The van der Waals surface area contributed by atoms with Gasteiger partial charge in [-0.25, -0.2) is 9.59 Å². The van der Waals surface area contributed by atoms with E-state index in [1.165, 1.54) is 5.56 Å². The molecule has 2 N–H and O–H groups in total. The molecule has 2 saturated heterocycles. The van der Waals surface area contributed by atoms with E-state index in [9.17, 15) is 35.9 Å². The number of hydrogen-bond acceptors (Lipinski definition) is 6. The number of aromatic nitrogens is 1. The van der Waals surface area contributed by atoms with Gasteiger partial charge in [-0.2, -0.15) is 26.3 Å². The maximum atomic E-state index is 12.7. The Hall–Kier alpha value is -3.43. The van der Waals surface area contributed by atoms with Crippen molar-refractivity contribution in [2.75, 3.05) is 39.3 Å². The summed E-state index contributed by atoms with van der Waals surface area (Å²) in [6.07, 6.45) is -5.95. The van der Waals surface area contributed by atoms with Gasteiger partial charge in [0.2, 0.25) is 11.8 Å². The fraction of sp³-hybridized carbons (Fsp3) is 0.625. The Morgan fingerprint density at radius 2 is 1.55 bits per heavy atom. The number of alkyl halides is 6. The molecule has 0 saturated carbocycles. The van der Waals surface area contributed by atoms with Gasteiger partial charge in [0.05, 0.1) is 0 Å². The molecule has 40 heavy (non-hydrogen) atoms. The molecule has 1 unspecified atom stereocenters. The minimum atomic E-state index is -5.08. The fourth-order valence-corrected chi connectivity index (χ4v) is 4.27. The van der Waals surface area contributed by atoms with E-state index in [1.807, 2.05) is 42.8 Å². The van der Waals surface area contributed by atoms with Gasteiger partial charge in [-0.1, -0.05) is 19.9 Å². The SMILES string of the molecule is CCN1CC2(CC1=O)CN(Cc1cccnc1)CCN(C(=O)C(C)C)C2.O=C(O)C(F)(F)F.O=C(O)C(F)(F)F. The maximum Gasteiger partial charge on any atom is 0.490 e. The number of carbonyl (C=O) groups excluding carboxylic acids is 2. The fourth-order valence-electron chi connectivity index (χ4n) is 4.27. The predicted molar refractivity (Wildman–Crippen MR) is 128 cm³/mol. The summed E-state index contributed by atoms with van der Waals surface area (Å²) in [5, 5.41) is 14.2. The number of carboxylic acid groups (broad SMARTS) is 2. The highest BCUT2D eigenvalue weighted by Gasteiger charge is 2.47. The van der Waals surface area contributed by atoms with E-state index in [2.05, 4.69) is 16.0 Å². The second-order valence-corrected chi connectivity index (χ2v) is 9.68. The Morgan fingerprint density at radius 3 is 1.95 bits per heavy atom. The summed E-state index contributed by atoms with van der Waals surface area (Å²) < 4.78 is 63.5. The minimum absolute atomic E-state index is 0.0173. The first-order valence-corrected chi connectivity index (χ1v) is 12.1. The lowest BCUT2D eigenvalue weighted by atomic mass is 9.85. The zero-order valence-corrected chi connectivity index (χ0v) is 22.1. The van der Waals surface area contributed by atoms with Crippen LogP contribution in [0, 0.1) is 11.3 Å². The molecule has 3 rings (SSSR count). The Morgan fingerprint density at radius 1 is 1.00 bits per heavy atom. The molecule has 2 fully saturated rings. The van der Waals surface area contributed by atoms with Gasteiger partial charge in [0.25, 0.3) is 0 Å². The summed E-state index contributed by atoms with van der Waals surface area (Å²) in [6, 6.07) is 4.04. The number of carboxylic acids is 2. The Kier molecular flexibility index (Phi) is 12.3. The maximum absolute atomic E-state index is 12.7. The lowest BCUT2D eigenvalue weighted by molar-refractivity contribution is -0.193. The topological polar surface area (TPSA) is 131 Å². The molecule has 0 aliphatic carbocycles. The molecular weight excluding hydrogens is 554 g/mol. The molecule has 0 radical (unpaired) electrons. The molecule has 0 bridgehead atoms. The van der Waals surface area contributed by atoms with Crippen LogP contribution in [-0.2, 0) is 25.7 Å². The first-order valence-electron chi connectivity index (χ1n) is 12.1. The van der Waals surface area contributed by atoms with Gasteiger partial charge in [-0.05, 0) is 18.6 Å². The highest BCUT2D eigenvalue weighted by atomic mass is 19.4. The van der Waals surface area contributed by atoms with Crippen molar-refractivity contribution in [3.05, 3.63) is 30.1 Å².